The number of benzene rings is 1. The van der Waals surface area contributed by atoms with E-state index in [9.17, 15) is 0 Å². The van der Waals surface area contributed by atoms with E-state index in [-0.39, 0.29) is 6.04 Å². The molecule has 1 aromatic carbocycles. The highest BCUT2D eigenvalue weighted by Gasteiger charge is 2.27. The zero-order valence-electron chi connectivity index (χ0n) is 11.4. The van der Waals surface area contributed by atoms with Crippen LogP contribution in [0.15, 0.2) is 42.6 Å². The summed E-state index contributed by atoms with van der Waals surface area (Å²) in [7, 11) is 0. The lowest BCUT2D eigenvalue weighted by atomic mass is 10.0. The van der Waals surface area contributed by atoms with E-state index in [0.29, 0.717) is 5.25 Å². The van der Waals surface area contributed by atoms with Crippen LogP contribution in [0.5, 0.6) is 0 Å². The lowest BCUT2D eigenvalue weighted by Gasteiger charge is -2.29. The number of nitrogens with zero attached hydrogens (tertiary/aromatic N) is 2. The molecule has 2 heterocycles. The first-order valence-corrected chi connectivity index (χ1v) is 8.12. The number of hydrogen-bond acceptors (Lipinski definition) is 4. The highest BCUT2D eigenvalue weighted by Crippen LogP contribution is 2.34. The third kappa shape index (κ3) is 2.75. The minimum atomic E-state index is 0.142. The monoisotopic (exact) mass is 288 g/mol. The third-order valence-electron chi connectivity index (χ3n) is 3.76. The second-order valence-electron chi connectivity index (χ2n) is 5.05. The van der Waals surface area contributed by atoms with E-state index < -0.39 is 0 Å². The first-order valence-electron chi connectivity index (χ1n) is 7.07. The van der Waals surface area contributed by atoms with Gasteiger partial charge in [-0.3, -0.25) is 11.3 Å². The fraction of sp³-hybridized carbons (Fsp3) is 0.400. The Morgan fingerprint density at radius 2 is 2.10 bits per heavy atom. The number of hydrazine groups is 1. The van der Waals surface area contributed by atoms with E-state index >= 15 is 0 Å². The van der Waals surface area contributed by atoms with Gasteiger partial charge in [-0.15, -0.1) is 0 Å². The molecule has 1 aliphatic heterocycles. The molecule has 0 radical (unpaired) electrons. The lowest BCUT2D eigenvalue weighted by Crippen LogP contribution is -2.37. The molecule has 0 spiro atoms. The van der Waals surface area contributed by atoms with Crippen LogP contribution in [0.2, 0.25) is 0 Å². The number of rotatable bonds is 4. The van der Waals surface area contributed by atoms with Crippen molar-refractivity contribution in [3.05, 3.63) is 48.3 Å². The summed E-state index contributed by atoms with van der Waals surface area (Å²) in [6.07, 6.45) is 5.66. The van der Waals surface area contributed by atoms with Crippen molar-refractivity contribution >= 4 is 11.8 Å². The van der Waals surface area contributed by atoms with E-state index in [1.165, 1.54) is 25.0 Å². The topological polar surface area (TPSA) is 55.9 Å². The highest BCUT2D eigenvalue weighted by molar-refractivity contribution is 8.00. The predicted molar refractivity (Wildman–Crippen MR) is 83.7 cm³/mol. The fourth-order valence-electron chi connectivity index (χ4n) is 2.75. The van der Waals surface area contributed by atoms with Crippen molar-refractivity contribution in [2.45, 2.75) is 30.6 Å². The molecule has 1 aromatic heterocycles. The van der Waals surface area contributed by atoms with Gasteiger partial charge in [0.1, 0.15) is 0 Å². The van der Waals surface area contributed by atoms with Gasteiger partial charge in [-0.05, 0) is 36.8 Å². The molecule has 2 unspecified atom stereocenters. The summed E-state index contributed by atoms with van der Waals surface area (Å²) in [5, 5.41) is 4.98. The highest BCUT2D eigenvalue weighted by atomic mass is 32.2. The molecule has 2 atom stereocenters. The number of para-hydroxylation sites is 1. The fourth-order valence-corrected chi connectivity index (χ4v) is 4.16. The van der Waals surface area contributed by atoms with E-state index in [1.807, 2.05) is 40.8 Å². The van der Waals surface area contributed by atoms with Crippen molar-refractivity contribution in [1.82, 2.24) is 15.2 Å². The molecule has 5 heteroatoms. The number of nitrogens with two attached hydrogens (primary N) is 1. The summed E-state index contributed by atoms with van der Waals surface area (Å²) < 4.78 is 1.99. The van der Waals surface area contributed by atoms with Gasteiger partial charge in [0.25, 0.3) is 0 Å². The minimum absolute atomic E-state index is 0.142. The Balaban J connectivity index is 1.91. The Kier molecular flexibility index (Phi) is 4.40. The van der Waals surface area contributed by atoms with Gasteiger partial charge in [0.15, 0.2) is 0 Å². The molecule has 3 N–H and O–H groups in total. The molecule has 20 heavy (non-hydrogen) atoms. The van der Waals surface area contributed by atoms with Crippen molar-refractivity contribution < 1.29 is 0 Å². The molecule has 0 amide bonds. The Morgan fingerprint density at radius 3 is 2.80 bits per heavy atom. The van der Waals surface area contributed by atoms with Crippen LogP contribution in [0.25, 0.3) is 5.69 Å². The van der Waals surface area contributed by atoms with Gasteiger partial charge in [0, 0.05) is 11.4 Å². The first-order chi connectivity index (χ1) is 9.90. The maximum atomic E-state index is 5.84. The number of aromatic nitrogens is 2. The summed E-state index contributed by atoms with van der Waals surface area (Å²) in [6.45, 7) is 0. The zero-order chi connectivity index (χ0) is 13.8. The van der Waals surface area contributed by atoms with Crippen molar-refractivity contribution in [3.8, 4) is 5.69 Å². The average Bonchev–Trinajstić information content (AvgIpc) is 2.99. The Morgan fingerprint density at radius 1 is 1.25 bits per heavy atom. The van der Waals surface area contributed by atoms with Gasteiger partial charge in [0.05, 0.1) is 17.4 Å². The summed E-state index contributed by atoms with van der Waals surface area (Å²) in [4.78, 5) is 0. The molecular weight excluding hydrogens is 268 g/mol. The van der Waals surface area contributed by atoms with Gasteiger partial charge in [-0.2, -0.15) is 16.9 Å². The number of nitrogens with one attached hydrogen (secondary N) is 1. The summed E-state index contributed by atoms with van der Waals surface area (Å²) >= 11 is 2.01. The molecule has 4 nitrogen and oxygen atoms in total. The minimum Gasteiger partial charge on any atom is -0.271 e. The number of hydrogen-bond donors (Lipinski definition) is 2. The summed E-state index contributed by atoms with van der Waals surface area (Å²) in [5.41, 5.74) is 5.22. The smallest absolute Gasteiger partial charge is 0.0751 e. The molecule has 2 aromatic rings. The van der Waals surface area contributed by atoms with Crippen LogP contribution >= 0.6 is 11.8 Å². The van der Waals surface area contributed by atoms with Crippen molar-refractivity contribution in [3.63, 3.8) is 0 Å². The molecule has 0 bridgehead atoms. The van der Waals surface area contributed by atoms with Gasteiger partial charge >= 0.3 is 0 Å². The normalized spacial score (nSPS) is 20.8. The molecule has 1 fully saturated rings. The summed E-state index contributed by atoms with van der Waals surface area (Å²) in [5.74, 6) is 7.06. The van der Waals surface area contributed by atoms with E-state index in [1.54, 1.807) is 0 Å². The lowest BCUT2D eigenvalue weighted by molar-refractivity contribution is 0.472. The van der Waals surface area contributed by atoms with Gasteiger partial charge in [0.2, 0.25) is 0 Å². The molecular formula is C15H20N4S. The van der Waals surface area contributed by atoms with E-state index in [2.05, 4.69) is 28.7 Å². The Labute approximate surface area is 123 Å². The van der Waals surface area contributed by atoms with Crippen molar-refractivity contribution in [2.24, 2.45) is 5.84 Å². The molecule has 0 saturated carbocycles. The Bertz CT molecular complexity index is 534. The van der Waals surface area contributed by atoms with Gasteiger partial charge in [-0.1, -0.05) is 24.6 Å². The Hall–Kier alpha value is -1.30. The second-order valence-corrected chi connectivity index (χ2v) is 6.40. The standard InChI is InChI=1S/C15H20N4S/c16-18-15(14-8-4-5-11-20-14)13-9-10-17-19(13)12-6-2-1-3-7-12/h1-3,6-7,9-10,14-15,18H,4-5,8,11,16H2. The van der Waals surface area contributed by atoms with Crippen molar-refractivity contribution in [2.75, 3.05) is 5.75 Å². The molecule has 3 rings (SSSR count). The van der Waals surface area contributed by atoms with E-state index in [4.69, 9.17) is 5.84 Å². The van der Waals surface area contributed by atoms with Gasteiger partial charge < -0.3 is 0 Å². The quantitative estimate of drug-likeness (QED) is 0.671. The first kappa shape index (κ1) is 13.7. The molecule has 106 valence electrons. The van der Waals surface area contributed by atoms with Crippen molar-refractivity contribution in [1.29, 1.82) is 0 Å². The number of thioether (sulfide) groups is 1. The maximum Gasteiger partial charge on any atom is 0.0751 e. The van der Waals surface area contributed by atoms with Crippen LogP contribution in [0, 0.1) is 0 Å². The summed E-state index contributed by atoms with van der Waals surface area (Å²) in [6, 6.07) is 12.4. The van der Waals surface area contributed by atoms with Crippen LogP contribution in [0.4, 0.5) is 0 Å². The zero-order valence-corrected chi connectivity index (χ0v) is 12.2. The average molecular weight is 288 g/mol. The SMILES string of the molecule is NNC(c1ccnn1-c1ccccc1)C1CCCCS1. The van der Waals surface area contributed by atoms with Gasteiger partial charge in [-0.25, -0.2) is 4.68 Å². The van der Waals surface area contributed by atoms with Crippen LogP contribution in [0.3, 0.4) is 0 Å². The maximum absolute atomic E-state index is 5.84. The molecule has 1 saturated heterocycles. The molecule has 1 aliphatic rings. The third-order valence-corrected chi connectivity index (χ3v) is 5.22. The van der Waals surface area contributed by atoms with E-state index in [0.717, 1.165) is 11.4 Å². The van der Waals surface area contributed by atoms with Crippen LogP contribution in [0.1, 0.15) is 31.0 Å². The van der Waals surface area contributed by atoms with Crippen LogP contribution in [-0.2, 0) is 0 Å². The second kappa shape index (κ2) is 6.43. The predicted octanol–water partition coefficient (Wildman–Crippen LogP) is 2.66. The van der Waals surface area contributed by atoms with Crippen LogP contribution < -0.4 is 11.3 Å². The molecule has 0 aliphatic carbocycles. The van der Waals surface area contributed by atoms with Crippen LogP contribution in [-0.4, -0.2) is 20.8 Å². The largest absolute Gasteiger partial charge is 0.271 e.